The monoisotopic (exact) mass is 198 g/mol. The Balaban J connectivity index is 3.07. The van der Waals surface area contributed by atoms with Crippen molar-refractivity contribution >= 4 is 29.3 Å². The highest BCUT2D eigenvalue weighted by molar-refractivity contribution is 8.61. The standard InChI is InChI=1S/C6H12ClOPS/c1-3-5-8-9(7)10-6-4-2/h3H,1,4-6H2,2H3. The fourth-order valence-electron chi connectivity index (χ4n) is 0.312. The summed E-state index contributed by atoms with van der Waals surface area (Å²) < 4.78 is 5.17. The van der Waals surface area contributed by atoms with Crippen LogP contribution in [0.3, 0.4) is 0 Å². The van der Waals surface area contributed by atoms with Gasteiger partial charge in [0.2, 0.25) is 0 Å². The lowest BCUT2D eigenvalue weighted by Gasteiger charge is -2.05. The highest BCUT2D eigenvalue weighted by atomic mass is 35.7. The van der Waals surface area contributed by atoms with E-state index < -0.39 is 6.70 Å². The lowest BCUT2D eigenvalue weighted by atomic mass is 10.6. The Hall–Kier alpha value is 0.770. The van der Waals surface area contributed by atoms with E-state index in [-0.39, 0.29) is 0 Å². The fraction of sp³-hybridized carbons (Fsp3) is 0.667. The van der Waals surface area contributed by atoms with Crippen LogP contribution in [-0.4, -0.2) is 12.4 Å². The molecule has 1 atom stereocenters. The molecule has 10 heavy (non-hydrogen) atoms. The van der Waals surface area contributed by atoms with Gasteiger partial charge in [-0.3, -0.25) is 0 Å². The topological polar surface area (TPSA) is 9.23 Å². The van der Waals surface area contributed by atoms with E-state index in [0.717, 1.165) is 12.2 Å². The third kappa shape index (κ3) is 6.88. The van der Waals surface area contributed by atoms with Gasteiger partial charge in [0.1, 0.15) is 0 Å². The van der Waals surface area contributed by atoms with E-state index in [4.69, 9.17) is 15.8 Å². The second-order valence-corrected chi connectivity index (χ2v) is 6.27. The third-order valence-corrected chi connectivity index (χ3v) is 4.48. The summed E-state index contributed by atoms with van der Waals surface area (Å²) in [4.78, 5) is 0. The predicted octanol–water partition coefficient (Wildman–Crippen LogP) is 3.80. The third-order valence-electron chi connectivity index (χ3n) is 0.691. The van der Waals surface area contributed by atoms with Crippen molar-refractivity contribution in [3.05, 3.63) is 12.7 Å². The Morgan fingerprint density at radius 3 is 3.00 bits per heavy atom. The SMILES string of the molecule is C=CCOP(Cl)SCCC. The van der Waals surface area contributed by atoms with Crippen molar-refractivity contribution < 1.29 is 4.52 Å². The zero-order valence-electron chi connectivity index (χ0n) is 6.05. The summed E-state index contributed by atoms with van der Waals surface area (Å²) in [5.41, 5.74) is 0. The van der Waals surface area contributed by atoms with E-state index in [1.165, 1.54) is 0 Å². The normalized spacial score (nSPS) is 13.0. The van der Waals surface area contributed by atoms with E-state index >= 15 is 0 Å². The van der Waals surface area contributed by atoms with Crippen molar-refractivity contribution in [3.63, 3.8) is 0 Å². The molecule has 0 saturated heterocycles. The summed E-state index contributed by atoms with van der Waals surface area (Å²) in [6.45, 7) is 5.44. The van der Waals surface area contributed by atoms with Crippen LogP contribution in [0.1, 0.15) is 13.3 Å². The quantitative estimate of drug-likeness (QED) is 0.474. The first-order valence-corrected chi connectivity index (χ1v) is 6.89. The van der Waals surface area contributed by atoms with Gasteiger partial charge < -0.3 is 4.52 Å². The zero-order chi connectivity index (χ0) is 7.82. The molecule has 0 aliphatic heterocycles. The van der Waals surface area contributed by atoms with Crippen molar-refractivity contribution in [2.45, 2.75) is 13.3 Å². The molecular weight excluding hydrogens is 187 g/mol. The minimum absolute atomic E-state index is 0.561. The molecule has 0 aromatic rings. The highest BCUT2D eigenvalue weighted by Crippen LogP contribution is 2.55. The molecule has 0 spiro atoms. The molecule has 60 valence electrons. The van der Waals surface area contributed by atoms with Gasteiger partial charge in [0.05, 0.1) is 6.61 Å². The van der Waals surface area contributed by atoms with Gasteiger partial charge in [0.15, 0.2) is 6.70 Å². The van der Waals surface area contributed by atoms with E-state index in [1.807, 2.05) is 0 Å². The van der Waals surface area contributed by atoms with Gasteiger partial charge in [-0.15, -0.1) is 6.58 Å². The van der Waals surface area contributed by atoms with Crippen LogP contribution in [0.15, 0.2) is 12.7 Å². The van der Waals surface area contributed by atoms with Crippen molar-refractivity contribution in [2.24, 2.45) is 0 Å². The predicted molar refractivity (Wildman–Crippen MR) is 51.7 cm³/mol. The summed E-state index contributed by atoms with van der Waals surface area (Å²) in [6.07, 6.45) is 2.86. The molecule has 0 rings (SSSR count). The molecule has 0 heterocycles. The first-order valence-electron chi connectivity index (χ1n) is 3.14. The molecule has 0 bridgehead atoms. The van der Waals surface area contributed by atoms with Gasteiger partial charge in [0, 0.05) is 5.75 Å². The van der Waals surface area contributed by atoms with Crippen LogP contribution in [-0.2, 0) is 4.52 Å². The second kappa shape index (κ2) is 7.87. The summed E-state index contributed by atoms with van der Waals surface area (Å²) in [5.74, 6) is 1.08. The van der Waals surface area contributed by atoms with Crippen molar-refractivity contribution in [1.82, 2.24) is 0 Å². The van der Waals surface area contributed by atoms with Crippen LogP contribution in [0, 0.1) is 0 Å². The Labute approximate surface area is 72.5 Å². The largest absolute Gasteiger partial charge is 0.331 e. The van der Waals surface area contributed by atoms with Gasteiger partial charge in [-0.25, -0.2) is 0 Å². The molecule has 0 N–H and O–H groups in total. The maximum Gasteiger partial charge on any atom is 0.188 e. The molecule has 0 aliphatic rings. The molecule has 0 amide bonds. The lowest BCUT2D eigenvalue weighted by Crippen LogP contribution is -1.78. The molecule has 0 fully saturated rings. The Morgan fingerprint density at radius 1 is 1.80 bits per heavy atom. The maximum absolute atomic E-state index is 5.80. The Kier molecular flexibility index (Phi) is 8.48. The van der Waals surface area contributed by atoms with Crippen LogP contribution in [0.25, 0.3) is 0 Å². The summed E-state index contributed by atoms with van der Waals surface area (Å²) in [7, 11) is 0. The van der Waals surface area contributed by atoms with Crippen LogP contribution < -0.4 is 0 Å². The molecule has 0 saturated carbocycles. The molecule has 1 unspecified atom stereocenters. The van der Waals surface area contributed by atoms with Gasteiger partial charge in [-0.05, 0) is 6.42 Å². The zero-order valence-corrected chi connectivity index (χ0v) is 8.51. The van der Waals surface area contributed by atoms with Gasteiger partial charge >= 0.3 is 0 Å². The molecular formula is C6H12ClOPS. The molecule has 0 radical (unpaired) electrons. The van der Waals surface area contributed by atoms with Crippen molar-refractivity contribution in [2.75, 3.05) is 12.4 Å². The summed E-state index contributed by atoms with van der Waals surface area (Å²) in [5, 5.41) is 0. The number of hydrogen-bond donors (Lipinski definition) is 0. The second-order valence-electron chi connectivity index (χ2n) is 1.63. The van der Waals surface area contributed by atoms with Crippen LogP contribution in [0.4, 0.5) is 0 Å². The maximum atomic E-state index is 5.80. The van der Waals surface area contributed by atoms with E-state index in [1.54, 1.807) is 17.5 Å². The first-order chi connectivity index (χ1) is 4.81. The molecule has 4 heteroatoms. The van der Waals surface area contributed by atoms with Gasteiger partial charge in [-0.1, -0.05) is 35.6 Å². The average molecular weight is 199 g/mol. The average Bonchev–Trinajstić information content (AvgIpc) is 1.97. The van der Waals surface area contributed by atoms with Gasteiger partial charge in [0.25, 0.3) is 0 Å². The van der Waals surface area contributed by atoms with Crippen molar-refractivity contribution in [3.8, 4) is 0 Å². The smallest absolute Gasteiger partial charge is 0.188 e. The number of rotatable bonds is 6. The first kappa shape index (κ1) is 10.8. The van der Waals surface area contributed by atoms with E-state index in [9.17, 15) is 0 Å². The van der Waals surface area contributed by atoms with Gasteiger partial charge in [-0.2, -0.15) is 0 Å². The number of halogens is 1. The highest BCUT2D eigenvalue weighted by Gasteiger charge is 2.02. The molecule has 1 nitrogen and oxygen atoms in total. The number of hydrogen-bond acceptors (Lipinski definition) is 2. The lowest BCUT2D eigenvalue weighted by molar-refractivity contribution is 0.421. The minimum Gasteiger partial charge on any atom is -0.331 e. The molecule has 0 aromatic carbocycles. The Morgan fingerprint density at radius 2 is 2.50 bits per heavy atom. The van der Waals surface area contributed by atoms with E-state index in [2.05, 4.69) is 13.5 Å². The summed E-state index contributed by atoms with van der Waals surface area (Å²) in [6, 6.07) is 0. The van der Waals surface area contributed by atoms with E-state index in [0.29, 0.717) is 6.61 Å². The molecule has 0 aliphatic carbocycles. The van der Waals surface area contributed by atoms with Crippen LogP contribution in [0.5, 0.6) is 0 Å². The molecule has 0 aromatic heterocycles. The Bertz CT molecular complexity index is 91.8. The van der Waals surface area contributed by atoms with Crippen LogP contribution in [0.2, 0.25) is 0 Å². The fourth-order valence-corrected chi connectivity index (χ4v) is 3.11. The minimum atomic E-state index is -0.775. The van der Waals surface area contributed by atoms with Crippen LogP contribution >= 0.6 is 29.3 Å². The summed E-state index contributed by atoms with van der Waals surface area (Å²) >= 11 is 7.47. The van der Waals surface area contributed by atoms with Crippen molar-refractivity contribution in [1.29, 1.82) is 0 Å².